The number of carbonyl (C=O) groups is 2. The van der Waals surface area contributed by atoms with E-state index in [9.17, 15) is 9.59 Å². The van der Waals surface area contributed by atoms with Gasteiger partial charge >= 0.3 is 6.03 Å². The van der Waals surface area contributed by atoms with Gasteiger partial charge in [-0.25, -0.2) is 4.79 Å². The van der Waals surface area contributed by atoms with Crippen LogP contribution in [0.4, 0.5) is 4.79 Å². The highest BCUT2D eigenvalue weighted by Gasteiger charge is 2.43. The van der Waals surface area contributed by atoms with E-state index in [-0.39, 0.29) is 29.4 Å². The minimum Gasteiger partial charge on any atom is -0.379 e. The number of hydrogen-bond donors (Lipinski definition) is 2. The Labute approximate surface area is 234 Å². The first-order valence-corrected chi connectivity index (χ1v) is 14.2. The van der Waals surface area contributed by atoms with Crippen LogP contribution in [0.5, 0.6) is 0 Å². The highest BCUT2D eigenvalue weighted by atomic mass is 16.5. The van der Waals surface area contributed by atoms with Crippen LogP contribution in [-0.2, 0) is 16.0 Å². The summed E-state index contributed by atoms with van der Waals surface area (Å²) in [5.41, 5.74) is 3.88. The third kappa shape index (κ3) is 7.71. The van der Waals surface area contributed by atoms with Gasteiger partial charge in [-0.05, 0) is 84.8 Å². The lowest BCUT2D eigenvalue weighted by Crippen LogP contribution is -2.55. The number of imide groups is 1. The van der Waals surface area contributed by atoms with Crippen molar-refractivity contribution in [1.29, 1.82) is 0 Å². The summed E-state index contributed by atoms with van der Waals surface area (Å²) in [6.45, 7) is 15.1. The van der Waals surface area contributed by atoms with Crippen molar-refractivity contribution in [1.82, 2.24) is 25.0 Å². The van der Waals surface area contributed by atoms with Crippen LogP contribution in [-0.4, -0.2) is 97.2 Å². The predicted molar refractivity (Wildman–Crippen MR) is 159 cm³/mol. The predicted octanol–water partition coefficient (Wildman–Crippen LogP) is 4.63. The molecule has 0 spiro atoms. The summed E-state index contributed by atoms with van der Waals surface area (Å²) in [5.74, 6) is -0.0133. The summed E-state index contributed by atoms with van der Waals surface area (Å²) in [7, 11) is 5.72. The lowest BCUT2D eigenvalue weighted by atomic mass is 9.72. The van der Waals surface area contributed by atoms with Crippen LogP contribution >= 0.6 is 0 Å². The lowest BCUT2D eigenvalue weighted by molar-refractivity contribution is -0.135. The summed E-state index contributed by atoms with van der Waals surface area (Å²) < 4.78 is 4.94. The zero-order valence-electron chi connectivity index (χ0n) is 25.0. The number of fused-ring (bicyclic) bond motifs is 2. The van der Waals surface area contributed by atoms with Crippen molar-refractivity contribution < 1.29 is 14.3 Å². The number of likely N-dealkylation sites (tertiary alicyclic amines) is 1. The number of nitrogens with zero attached hydrogens (tertiary/aromatic N) is 3. The molecule has 4 rings (SSSR count). The van der Waals surface area contributed by atoms with Crippen LogP contribution in [0.3, 0.4) is 0 Å². The maximum Gasteiger partial charge on any atom is 0.324 e. The number of aromatic amines is 1. The summed E-state index contributed by atoms with van der Waals surface area (Å²) >= 11 is 0. The molecule has 1 aliphatic carbocycles. The molecule has 1 aliphatic heterocycles. The van der Waals surface area contributed by atoms with Gasteiger partial charge in [0.25, 0.3) is 0 Å². The van der Waals surface area contributed by atoms with Gasteiger partial charge in [-0.2, -0.15) is 0 Å². The minimum atomic E-state index is -0.280. The van der Waals surface area contributed by atoms with E-state index in [1.165, 1.54) is 21.4 Å². The van der Waals surface area contributed by atoms with Gasteiger partial charge in [0.2, 0.25) is 5.91 Å². The van der Waals surface area contributed by atoms with E-state index in [4.69, 9.17) is 4.74 Å². The van der Waals surface area contributed by atoms with Crippen LogP contribution in [0.1, 0.15) is 57.6 Å². The quantitative estimate of drug-likeness (QED) is 0.479. The highest BCUT2D eigenvalue weighted by molar-refractivity contribution is 5.96. The second-order valence-corrected chi connectivity index (χ2v) is 11.9. The molecule has 2 heterocycles. The highest BCUT2D eigenvalue weighted by Crippen LogP contribution is 2.45. The molecule has 1 saturated heterocycles. The molecule has 0 radical (unpaired) electrons. The molecule has 1 aromatic heterocycles. The first-order valence-electron chi connectivity index (χ1n) is 14.2. The number of nitrogens with one attached hydrogen (secondary N) is 2. The average molecular weight is 540 g/mol. The Kier molecular flexibility index (Phi) is 10.8. The maximum atomic E-state index is 13.7. The number of urea groups is 1. The number of rotatable bonds is 8. The maximum absolute atomic E-state index is 13.7. The lowest BCUT2D eigenvalue weighted by Gasteiger charge is -2.47. The number of amides is 3. The molecule has 0 saturated carbocycles. The van der Waals surface area contributed by atoms with Gasteiger partial charge in [-0.15, -0.1) is 6.58 Å². The SMILES string of the molecule is C=CCN1C[C@H](C(=O)N(CCCN(C)C)C(=O)NCC)C[C@@H]2c3cccc4[nH]cc(c34)C[C@H]21.COC(C)(C)C. The zero-order valence-corrected chi connectivity index (χ0v) is 25.0. The Balaban J connectivity index is 0.000000631. The second kappa shape index (κ2) is 13.6. The number of aromatic nitrogens is 1. The van der Waals surface area contributed by atoms with E-state index in [0.717, 1.165) is 37.9 Å². The van der Waals surface area contributed by atoms with Crippen LogP contribution in [0.25, 0.3) is 10.9 Å². The molecule has 39 heavy (non-hydrogen) atoms. The van der Waals surface area contributed by atoms with Crippen molar-refractivity contribution in [2.24, 2.45) is 5.92 Å². The van der Waals surface area contributed by atoms with E-state index in [0.29, 0.717) is 25.7 Å². The topological polar surface area (TPSA) is 80.9 Å². The Morgan fingerprint density at radius 2 is 1.97 bits per heavy atom. The summed E-state index contributed by atoms with van der Waals surface area (Å²) in [6.07, 6.45) is 6.56. The molecule has 3 amide bonds. The van der Waals surface area contributed by atoms with Crippen molar-refractivity contribution in [3.05, 3.63) is 48.2 Å². The van der Waals surface area contributed by atoms with Gasteiger partial charge in [-0.1, -0.05) is 18.2 Å². The van der Waals surface area contributed by atoms with Crippen molar-refractivity contribution in [2.45, 2.75) is 64.5 Å². The Morgan fingerprint density at radius 1 is 1.26 bits per heavy atom. The second-order valence-electron chi connectivity index (χ2n) is 11.9. The van der Waals surface area contributed by atoms with Crippen molar-refractivity contribution in [3.8, 4) is 0 Å². The average Bonchev–Trinajstić information content (AvgIpc) is 3.31. The Bertz CT molecular complexity index is 1120. The third-order valence-electron chi connectivity index (χ3n) is 7.73. The fraction of sp³-hybridized carbons (Fsp3) is 0.613. The van der Waals surface area contributed by atoms with E-state index in [1.54, 1.807) is 7.11 Å². The molecule has 2 aromatic rings. The molecule has 8 nitrogen and oxygen atoms in total. The molecule has 216 valence electrons. The van der Waals surface area contributed by atoms with Crippen LogP contribution in [0.15, 0.2) is 37.1 Å². The van der Waals surface area contributed by atoms with E-state index in [1.807, 2.05) is 47.9 Å². The Morgan fingerprint density at radius 3 is 2.59 bits per heavy atom. The molecule has 8 heteroatoms. The summed E-state index contributed by atoms with van der Waals surface area (Å²) in [5, 5.41) is 4.16. The zero-order chi connectivity index (χ0) is 28.7. The number of benzene rings is 1. The van der Waals surface area contributed by atoms with Gasteiger partial charge in [0.1, 0.15) is 0 Å². The Hall–Kier alpha value is -2.68. The fourth-order valence-corrected chi connectivity index (χ4v) is 5.68. The van der Waals surface area contributed by atoms with Crippen LogP contribution in [0.2, 0.25) is 0 Å². The molecule has 2 N–H and O–H groups in total. The molecule has 1 aromatic carbocycles. The monoisotopic (exact) mass is 539 g/mol. The van der Waals surface area contributed by atoms with Crippen LogP contribution in [0, 0.1) is 5.92 Å². The smallest absolute Gasteiger partial charge is 0.324 e. The number of carbonyl (C=O) groups excluding carboxylic acids is 2. The molecular weight excluding hydrogens is 490 g/mol. The van der Waals surface area contributed by atoms with Crippen molar-refractivity contribution >= 4 is 22.8 Å². The number of ether oxygens (including phenoxy) is 1. The molecular formula is C31H49N5O3. The molecule has 3 atom stereocenters. The first-order chi connectivity index (χ1) is 18.5. The fourth-order valence-electron chi connectivity index (χ4n) is 5.68. The minimum absolute atomic E-state index is 0.0417. The van der Waals surface area contributed by atoms with Gasteiger partial charge in [-0.3, -0.25) is 14.6 Å². The molecule has 0 bridgehead atoms. The van der Waals surface area contributed by atoms with E-state index >= 15 is 0 Å². The number of hydrogen-bond acceptors (Lipinski definition) is 5. The van der Waals surface area contributed by atoms with Crippen molar-refractivity contribution in [3.63, 3.8) is 0 Å². The van der Waals surface area contributed by atoms with Gasteiger partial charge in [0, 0.05) is 62.3 Å². The van der Waals surface area contributed by atoms with Gasteiger partial charge in [0.15, 0.2) is 0 Å². The number of methoxy groups -OCH3 is 1. The largest absolute Gasteiger partial charge is 0.379 e. The molecule has 1 fully saturated rings. The third-order valence-corrected chi connectivity index (χ3v) is 7.73. The van der Waals surface area contributed by atoms with Crippen LogP contribution < -0.4 is 5.32 Å². The molecule has 2 aliphatic rings. The first kappa shape index (κ1) is 30.9. The number of piperidine rings is 1. The normalized spacial score (nSPS) is 20.7. The van der Waals surface area contributed by atoms with Gasteiger partial charge in [0.05, 0.1) is 11.5 Å². The standard InChI is InChI=1S/C26H37N5O2.C5H12O/c1-5-11-30-17-19(25(32)31(26(33)27-6-2)13-8-12-29(3)4)14-21-20-9-7-10-22-24(20)18(16-28-22)15-23(21)30;1-5(2,3)6-4/h5,7,9-10,16,19,21,23,28H,1,6,8,11-15,17H2,2-4H3,(H,27,33);1-4H3/t19-,21-,23-;/m1./s1. The molecule has 0 unspecified atom stereocenters. The van der Waals surface area contributed by atoms with Gasteiger partial charge < -0.3 is 19.9 Å². The van der Waals surface area contributed by atoms with E-state index in [2.05, 4.69) is 51.1 Å². The number of H-pyrrole nitrogens is 1. The van der Waals surface area contributed by atoms with Crippen molar-refractivity contribution in [2.75, 3.05) is 53.9 Å². The summed E-state index contributed by atoms with van der Waals surface area (Å²) in [6, 6.07) is 6.50. The van der Waals surface area contributed by atoms with E-state index < -0.39 is 0 Å². The summed E-state index contributed by atoms with van der Waals surface area (Å²) in [4.78, 5) is 35.9.